The third-order valence-electron chi connectivity index (χ3n) is 1.78. The van der Waals surface area contributed by atoms with Crippen molar-refractivity contribution in [1.29, 1.82) is 0 Å². The molecular formula is C9H11BrFN. The van der Waals surface area contributed by atoms with E-state index in [-0.39, 0.29) is 11.9 Å². The molecule has 0 saturated heterocycles. The summed E-state index contributed by atoms with van der Waals surface area (Å²) in [5, 5.41) is 3.73. The highest BCUT2D eigenvalue weighted by atomic mass is 79.9. The maximum atomic E-state index is 13.2. The molecule has 1 aromatic carbocycles. The Morgan fingerprint density at radius 1 is 1.50 bits per heavy atom. The molecule has 0 spiro atoms. The predicted molar refractivity (Wildman–Crippen MR) is 52.0 cm³/mol. The SMILES string of the molecule is CNC(CBr)c1ccccc1F. The van der Waals surface area contributed by atoms with E-state index in [2.05, 4.69) is 21.2 Å². The van der Waals surface area contributed by atoms with E-state index >= 15 is 0 Å². The van der Waals surface area contributed by atoms with Crippen LogP contribution < -0.4 is 5.32 Å². The van der Waals surface area contributed by atoms with Gasteiger partial charge in [0.05, 0.1) is 0 Å². The Kier molecular flexibility index (Phi) is 3.69. The van der Waals surface area contributed by atoms with Gasteiger partial charge in [-0.1, -0.05) is 34.1 Å². The van der Waals surface area contributed by atoms with Gasteiger partial charge in [-0.2, -0.15) is 0 Å². The van der Waals surface area contributed by atoms with Crippen molar-refractivity contribution < 1.29 is 4.39 Å². The summed E-state index contributed by atoms with van der Waals surface area (Å²) in [5.74, 6) is -0.156. The molecule has 0 bridgehead atoms. The zero-order valence-corrected chi connectivity index (χ0v) is 8.44. The molecule has 1 N–H and O–H groups in total. The topological polar surface area (TPSA) is 12.0 Å². The van der Waals surface area contributed by atoms with Gasteiger partial charge < -0.3 is 5.32 Å². The van der Waals surface area contributed by atoms with E-state index in [1.54, 1.807) is 12.1 Å². The number of nitrogens with one attached hydrogen (secondary N) is 1. The van der Waals surface area contributed by atoms with Crippen LogP contribution in [0.3, 0.4) is 0 Å². The fourth-order valence-electron chi connectivity index (χ4n) is 1.07. The van der Waals surface area contributed by atoms with E-state index in [9.17, 15) is 4.39 Å². The zero-order valence-electron chi connectivity index (χ0n) is 6.85. The van der Waals surface area contributed by atoms with Crippen molar-refractivity contribution in [2.75, 3.05) is 12.4 Å². The minimum absolute atomic E-state index is 0.0474. The number of halogens is 2. The second-order valence-electron chi connectivity index (χ2n) is 2.52. The summed E-state index contributed by atoms with van der Waals surface area (Å²) in [7, 11) is 1.82. The molecule has 0 fully saturated rings. The average molecular weight is 232 g/mol. The van der Waals surface area contributed by atoms with Gasteiger partial charge in [-0.3, -0.25) is 0 Å². The van der Waals surface area contributed by atoms with E-state index in [4.69, 9.17) is 0 Å². The molecule has 0 aliphatic rings. The molecule has 1 rings (SSSR count). The van der Waals surface area contributed by atoms with Crippen molar-refractivity contribution in [3.63, 3.8) is 0 Å². The predicted octanol–water partition coefficient (Wildman–Crippen LogP) is 2.48. The lowest BCUT2D eigenvalue weighted by Gasteiger charge is -2.13. The molecule has 1 nitrogen and oxygen atoms in total. The van der Waals surface area contributed by atoms with Gasteiger partial charge in [0.15, 0.2) is 0 Å². The monoisotopic (exact) mass is 231 g/mol. The van der Waals surface area contributed by atoms with Crippen LogP contribution in [-0.4, -0.2) is 12.4 Å². The summed E-state index contributed by atoms with van der Waals surface area (Å²) >= 11 is 3.32. The van der Waals surface area contributed by atoms with E-state index in [1.165, 1.54) is 6.07 Å². The Morgan fingerprint density at radius 3 is 2.67 bits per heavy atom. The molecule has 12 heavy (non-hydrogen) atoms. The van der Waals surface area contributed by atoms with Crippen LogP contribution in [-0.2, 0) is 0 Å². The Hall–Kier alpha value is -0.410. The van der Waals surface area contributed by atoms with Gasteiger partial charge in [0.2, 0.25) is 0 Å². The second kappa shape index (κ2) is 4.58. The van der Waals surface area contributed by atoms with Crippen LogP contribution in [0.1, 0.15) is 11.6 Å². The lowest BCUT2D eigenvalue weighted by molar-refractivity contribution is 0.567. The van der Waals surface area contributed by atoms with E-state index in [0.717, 1.165) is 0 Å². The summed E-state index contributed by atoms with van der Waals surface area (Å²) in [6.07, 6.45) is 0. The molecule has 1 atom stereocenters. The third kappa shape index (κ3) is 2.05. The van der Waals surface area contributed by atoms with Crippen LogP contribution in [0.4, 0.5) is 4.39 Å². The largest absolute Gasteiger partial charge is 0.312 e. The Balaban J connectivity index is 2.92. The average Bonchev–Trinajstić information content (AvgIpc) is 2.10. The fraction of sp³-hybridized carbons (Fsp3) is 0.333. The minimum atomic E-state index is -0.156. The van der Waals surface area contributed by atoms with Gasteiger partial charge >= 0.3 is 0 Å². The number of benzene rings is 1. The van der Waals surface area contributed by atoms with Gasteiger partial charge in [-0.25, -0.2) is 4.39 Å². The van der Waals surface area contributed by atoms with Crippen molar-refractivity contribution in [3.05, 3.63) is 35.6 Å². The molecule has 0 aromatic heterocycles. The van der Waals surface area contributed by atoms with Gasteiger partial charge in [0.1, 0.15) is 5.82 Å². The maximum absolute atomic E-state index is 13.2. The standard InChI is InChI=1S/C9H11BrFN/c1-12-9(6-10)7-4-2-3-5-8(7)11/h2-5,9,12H,6H2,1H3. The smallest absolute Gasteiger partial charge is 0.128 e. The lowest BCUT2D eigenvalue weighted by atomic mass is 10.1. The van der Waals surface area contributed by atoms with Crippen molar-refractivity contribution in [1.82, 2.24) is 5.32 Å². The Bertz CT molecular complexity index is 248. The molecule has 0 saturated carbocycles. The van der Waals surface area contributed by atoms with E-state index in [0.29, 0.717) is 10.9 Å². The van der Waals surface area contributed by atoms with Crippen LogP contribution in [0, 0.1) is 5.82 Å². The van der Waals surface area contributed by atoms with E-state index in [1.807, 2.05) is 13.1 Å². The molecule has 0 amide bonds. The molecular weight excluding hydrogens is 221 g/mol. The molecule has 3 heteroatoms. The van der Waals surface area contributed by atoms with Crippen LogP contribution in [0.15, 0.2) is 24.3 Å². The van der Waals surface area contributed by atoms with Crippen molar-refractivity contribution in [3.8, 4) is 0 Å². The molecule has 0 radical (unpaired) electrons. The Labute approximate surface area is 80.1 Å². The zero-order chi connectivity index (χ0) is 8.97. The molecule has 0 aliphatic heterocycles. The molecule has 1 unspecified atom stereocenters. The van der Waals surface area contributed by atoms with Crippen molar-refractivity contribution in [2.45, 2.75) is 6.04 Å². The minimum Gasteiger partial charge on any atom is -0.312 e. The highest BCUT2D eigenvalue weighted by Crippen LogP contribution is 2.17. The first-order valence-corrected chi connectivity index (χ1v) is 4.89. The van der Waals surface area contributed by atoms with Crippen LogP contribution in [0.2, 0.25) is 0 Å². The maximum Gasteiger partial charge on any atom is 0.128 e. The van der Waals surface area contributed by atoms with Gasteiger partial charge in [-0.15, -0.1) is 0 Å². The van der Waals surface area contributed by atoms with Gasteiger partial charge in [0, 0.05) is 16.9 Å². The normalized spacial score (nSPS) is 12.9. The molecule has 66 valence electrons. The first kappa shape index (κ1) is 9.68. The first-order valence-electron chi connectivity index (χ1n) is 3.77. The van der Waals surface area contributed by atoms with Crippen LogP contribution >= 0.6 is 15.9 Å². The van der Waals surface area contributed by atoms with Crippen LogP contribution in [0.5, 0.6) is 0 Å². The third-order valence-corrected chi connectivity index (χ3v) is 2.43. The summed E-state index contributed by atoms with van der Waals surface area (Å²) < 4.78 is 13.2. The summed E-state index contributed by atoms with van der Waals surface area (Å²) in [6, 6.07) is 6.84. The number of hydrogen-bond acceptors (Lipinski definition) is 1. The van der Waals surface area contributed by atoms with Crippen molar-refractivity contribution >= 4 is 15.9 Å². The van der Waals surface area contributed by atoms with Gasteiger partial charge in [-0.05, 0) is 13.1 Å². The highest BCUT2D eigenvalue weighted by molar-refractivity contribution is 9.09. The second-order valence-corrected chi connectivity index (χ2v) is 3.16. The quantitative estimate of drug-likeness (QED) is 0.789. The first-order chi connectivity index (χ1) is 5.79. The highest BCUT2D eigenvalue weighted by Gasteiger charge is 2.10. The number of hydrogen-bond donors (Lipinski definition) is 1. The summed E-state index contributed by atoms with van der Waals surface area (Å²) in [6.45, 7) is 0. The molecule has 0 aliphatic carbocycles. The molecule has 0 heterocycles. The summed E-state index contributed by atoms with van der Waals surface area (Å²) in [4.78, 5) is 0. The summed E-state index contributed by atoms with van der Waals surface area (Å²) in [5.41, 5.74) is 0.705. The lowest BCUT2D eigenvalue weighted by Crippen LogP contribution is -2.18. The number of rotatable bonds is 3. The fourth-order valence-corrected chi connectivity index (χ4v) is 1.75. The Morgan fingerprint density at radius 2 is 2.17 bits per heavy atom. The number of alkyl halides is 1. The van der Waals surface area contributed by atoms with Gasteiger partial charge in [0.25, 0.3) is 0 Å². The molecule has 1 aromatic rings. The van der Waals surface area contributed by atoms with E-state index < -0.39 is 0 Å². The van der Waals surface area contributed by atoms with Crippen molar-refractivity contribution in [2.24, 2.45) is 0 Å². The van der Waals surface area contributed by atoms with Crippen LogP contribution in [0.25, 0.3) is 0 Å².